The number of ether oxygens (including phenoxy) is 1. The molecule has 0 unspecified atom stereocenters. The number of nitrogens with two attached hydrogens (primary N) is 1. The van der Waals surface area contributed by atoms with E-state index in [1.54, 1.807) is 0 Å². The molecule has 2 nitrogen and oxygen atoms in total. The molecule has 2 aromatic carbocycles. The molecular weight excluding hydrogens is 302 g/mol. The monoisotopic (exact) mass is 317 g/mol. The van der Waals surface area contributed by atoms with Gasteiger partial charge in [-0.1, -0.05) is 22.0 Å². The van der Waals surface area contributed by atoms with Crippen LogP contribution in [0.4, 0.5) is 0 Å². The summed E-state index contributed by atoms with van der Waals surface area (Å²) in [6.07, 6.45) is 3.62. The smallest absolute Gasteiger partial charge is 0.128 e. The SMILES string of the molecule is NCc1cc(Br)cc(Oc2ccc3c(c2)CCC3)c1. The molecule has 0 amide bonds. The minimum atomic E-state index is 0.514. The summed E-state index contributed by atoms with van der Waals surface area (Å²) >= 11 is 3.48. The zero-order valence-corrected chi connectivity index (χ0v) is 12.2. The maximum atomic E-state index is 5.94. The highest BCUT2D eigenvalue weighted by Crippen LogP contribution is 2.30. The van der Waals surface area contributed by atoms with Gasteiger partial charge >= 0.3 is 0 Å². The second kappa shape index (κ2) is 5.35. The highest BCUT2D eigenvalue weighted by molar-refractivity contribution is 9.10. The summed E-state index contributed by atoms with van der Waals surface area (Å²) in [5, 5.41) is 0. The van der Waals surface area contributed by atoms with Gasteiger partial charge in [0.25, 0.3) is 0 Å². The quantitative estimate of drug-likeness (QED) is 0.921. The van der Waals surface area contributed by atoms with E-state index in [-0.39, 0.29) is 0 Å². The molecule has 0 saturated carbocycles. The van der Waals surface area contributed by atoms with Gasteiger partial charge in [0.2, 0.25) is 0 Å². The second-order valence-corrected chi connectivity index (χ2v) is 5.80. The van der Waals surface area contributed by atoms with E-state index in [1.165, 1.54) is 30.4 Å². The van der Waals surface area contributed by atoms with Gasteiger partial charge in [-0.3, -0.25) is 0 Å². The Hall–Kier alpha value is -1.32. The van der Waals surface area contributed by atoms with Crippen LogP contribution in [0.3, 0.4) is 0 Å². The molecule has 0 bridgehead atoms. The normalized spacial score (nSPS) is 13.4. The van der Waals surface area contributed by atoms with Crippen LogP contribution in [0.5, 0.6) is 11.5 Å². The van der Waals surface area contributed by atoms with Crippen molar-refractivity contribution in [3.8, 4) is 11.5 Å². The Kier molecular flexibility index (Phi) is 3.58. The first-order valence-corrected chi connectivity index (χ1v) is 7.33. The summed E-state index contributed by atoms with van der Waals surface area (Å²) in [4.78, 5) is 0. The van der Waals surface area contributed by atoms with Crippen LogP contribution < -0.4 is 10.5 Å². The third-order valence-corrected chi connectivity index (χ3v) is 3.93. The third kappa shape index (κ3) is 2.82. The molecule has 0 radical (unpaired) electrons. The molecule has 98 valence electrons. The average Bonchev–Trinajstić information content (AvgIpc) is 2.85. The number of benzene rings is 2. The molecule has 0 aromatic heterocycles. The van der Waals surface area contributed by atoms with Crippen LogP contribution in [0.2, 0.25) is 0 Å². The molecule has 0 saturated heterocycles. The Morgan fingerprint density at radius 1 is 1.00 bits per heavy atom. The fourth-order valence-electron chi connectivity index (χ4n) is 2.55. The lowest BCUT2D eigenvalue weighted by molar-refractivity contribution is 0.481. The first kappa shape index (κ1) is 12.7. The van der Waals surface area contributed by atoms with Crippen LogP contribution >= 0.6 is 15.9 Å². The van der Waals surface area contributed by atoms with Crippen molar-refractivity contribution >= 4 is 15.9 Å². The first-order chi connectivity index (χ1) is 9.24. The van der Waals surface area contributed by atoms with Crippen molar-refractivity contribution < 1.29 is 4.74 Å². The number of hydrogen-bond acceptors (Lipinski definition) is 2. The van der Waals surface area contributed by atoms with Gasteiger partial charge in [-0.25, -0.2) is 0 Å². The van der Waals surface area contributed by atoms with Gasteiger partial charge in [0, 0.05) is 11.0 Å². The molecule has 0 atom stereocenters. The maximum absolute atomic E-state index is 5.94. The average molecular weight is 318 g/mol. The van der Waals surface area contributed by atoms with Crippen molar-refractivity contribution in [1.82, 2.24) is 0 Å². The van der Waals surface area contributed by atoms with E-state index in [9.17, 15) is 0 Å². The summed E-state index contributed by atoms with van der Waals surface area (Å²) in [6.45, 7) is 0.514. The lowest BCUT2D eigenvalue weighted by Crippen LogP contribution is -1.96. The minimum Gasteiger partial charge on any atom is -0.457 e. The van der Waals surface area contributed by atoms with E-state index in [1.807, 2.05) is 24.3 Å². The summed E-state index contributed by atoms with van der Waals surface area (Å²) in [7, 11) is 0. The predicted octanol–water partition coefficient (Wildman–Crippen LogP) is 4.19. The van der Waals surface area contributed by atoms with Gasteiger partial charge in [0.1, 0.15) is 11.5 Å². The molecule has 0 spiro atoms. The number of hydrogen-bond donors (Lipinski definition) is 1. The summed E-state index contributed by atoms with van der Waals surface area (Å²) in [5.74, 6) is 1.73. The van der Waals surface area contributed by atoms with Crippen molar-refractivity contribution in [3.63, 3.8) is 0 Å². The fourth-order valence-corrected chi connectivity index (χ4v) is 3.06. The van der Waals surface area contributed by atoms with Crippen LogP contribution in [0, 0.1) is 0 Å². The molecule has 1 aliphatic rings. The van der Waals surface area contributed by atoms with Crippen LogP contribution in [0.25, 0.3) is 0 Å². The lowest BCUT2D eigenvalue weighted by atomic mass is 10.1. The molecule has 0 fully saturated rings. The third-order valence-electron chi connectivity index (χ3n) is 3.47. The van der Waals surface area contributed by atoms with E-state index >= 15 is 0 Å². The molecule has 3 heteroatoms. The van der Waals surface area contributed by atoms with E-state index in [2.05, 4.69) is 28.1 Å². The van der Waals surface area contributed by atoms with Crippen LogP contribution in [-0.2, 0) is 19.4 Å². The zero-order valence-electron chi connectivity index (χ0n) is 10.7. The first-order valence-electron chi connectivity index (χ1n) is 6.54. The second-order valence-electron chi connectivity index (χ2n) is 4.89. The van der Waals surface area contributed by atoms with Crippen LogP contribution in [-0.4, -0.2) is 0 Å². The molecule has 19 heavy (non-hydrogen) atoms. The van der Waals surface area contributed by atoms with E-state index in [0.29, 0.717) is 6.54 Å². The zero-order chi connectivity index (χ0) is 13.2. The largest absolute Gasteiger partial charge is 0.457 e. The van der Waals surface area contributed by atoms with Gasteiger partial charge in [-0.2, -0.15) is 0 Å². The maximum Gasteiger partial charge on any atom is 0.128 e. The highest BCUT2D eigenvalue weighted by atomic mass is 79.9. The standard InChI is InChI=1S/C16H16BrNO/c17-14-6-11(10-18)7-16(9-14)19-15-5-4-12-2-1-3-13(12)8-15/h4-9H,1-3,10,18H2. The highest BCUT2D eigenvalue weighted by Gasteiger charge is 2.11. The topological polar surface area (TPSA) is 35.2 Å². The molecule has 0 heterocycles. The van der Waals surface area contributed by atoms with Gasteiger partial charge in [0.15, 0.2) is 0 Å². The molecule has 1 aliphatic carbocycles. The van der Waals surface area contributed by atoms with Crippen molar-refractivity contribution in [1.29, 1.82) is 0 Å². The van der Waals surface area contributed by atoms with Crippen LogP contribution in [0.1, 0.15) is 23.1 Å². The number of halogens is 1. The number of aryl methyl sites for hydroxylation is 2. The minimum absolute atomic E-state index is 0.514. The lowest BCUT2D eigenvalue weighted by Gasteiger charge is -2.09. The van der Waals surface area contributed by atoms with Gasteiger partial charge in [-0.15, -0.1) is 0 Å². The fraction of sp³-hybridized carbons (Fsp3) is 0.250. The summed E-state index contributed by atoms with van der Waals surface area (Å²) in [5.41, 5.74) is 9.62. The Bertz CT molecular complexity index is 610. The van der Waals surface area contributed by atoms with Crippen molar-refractivity contribution in [3.05, 3.63) is 57.6 Å². The molecule has 2 N–H and O–H groups in total. The molecule has 3 rings (SSSR count). The summed E-state index contributed by atoms with van der Waals surface area (Å²) in [6, 6.07) is 12.3. The molecular formula is C16H16BrNO. The van der Waals surface area contributed by atoms with Crippen molar-refractivity contribution in [2.24, 2.45) is 5.73 Å². The van der Waals surface area contributed by atoms with E-state index in [0.717, 1.165) is 21.5 Å². The Morgan fingerprint density at radius 2 is 1.84 bits per heavy atom. The summed E-state index contributed by atoms with van der Waals surface area (Å²) < 4.78 is 6.93. The van der Waals surface area contributed by atoms with Crippen LogP contribution in [0.15, 0.2) is 40.9 Å². The van der Waals surface area contributed by atoms with Crippen molar-refractivity contribution in [2.45, 2.75) is 25.8 Å². The Morgan fingerprint density at radius 3 is 2.68 bits per heavy atom. The number of fused-ring (bicyclic) bond motifs is 1. The van der Waals surface area contributed by atoms with Gasteiger partial charge in [-0.05, 0) is 66.3 Å². The Labute approximate surface area is 121 Å². The Balaban J connectivity index is 1.86. The number of rotatable bonds is 3. The molecule has 0 aliphatic heterocycles. The van der Waals surface area contributed by atoms with Gasteiger partial charge < -0.3 is 10.5 Å². The predicted molar refractivity (Wildman–Crippen MR) is 80.6 cm³/mol. The van der Waals surface area contributed by atoms with E-state index < -0.39 is 0 Å². The van der Waals surface area contributed by atoms with E-state index in [4.69, 9.17) is 10.5 Å². The molecule has 2 aromatic rings. The van der Waals surface area contributed by atoms with Gasteiger partial charge in [0.05, 0.1) is 0 Å². The van der Waals surface area contributed by atoms with Crippen molar-refractivity contribution in [2.75, 3.05) is 0 Å².